The van der Waals surface area contributed by atoms with Gasteiger partial charge in [0.1, 0.15) is 0 Å². The van der Waals surface area contributed by atoms with Crippen molar-refractivity contribution < 1.29 is 15.0 Å². The van der Waals surface area contributed by atoms with E-state index in [1.165, 1.54) is 0 Å². The minimum absolute atomic E-state index is 0.0322. The summed E-state index contributed by atoms with van der Waals surface area (Å²) < 4.78 is 0. The van der Waals surface area contributed by atoms with Crippen LogP contribution < -0.4 is 5.73 Å². The summed E-state index contributed by atoms with van der Waals surface area (Å²) >= 11 is 0. The van der Waals surface area contributed by atoms with Crippen LogP contribution >= 0.6 is 0 Å². The zero-order valence-corrected chi connectivity index (χ0v) is 10.7. The number of rotatable bonds is 7. The molecule has 0 aromatic rings. The number of nitrogens with two attached hydrogens (primary N) is 1. The van der Waals surface area contributed by atoms with Crippen molar-refractivity contribution in [3.63, 3.8) is 0 Å². The van der Waals surface area contributed by atoms with Crippen LogP contribution in [0.2, 0.25) is 0 Å². The lowest BCUT2D eigenvalue weighted by molar-refractivity contribution is -0.118. The number of unbranched alkanes of at least 4 members (excludes halogenated alkanes) is 1. The summed E-state index contributed by atoms with van der Waals surface area (Å²) in [5, 5.41) is 19.6. The van der Waals surface area contributed by atoms with Crippen molar-refractivity contribution in [3.05, 3.63) is 24.8 Å². The van der Waals surface area contributed by atoms with Crippen LogP contribution in [0, 0.1) is 11.8 Å². The fourth-order valence-electron chi connectivity index (χ4n) is 2.53. The van der Waals surface area contributed by atoms with E-state index in [4.69, 9.17) is 5.73 Å². The topological polar surface area (TPSA) is 83.6 Å². The van der Waals surface area contributed by atoms with E-state index in [-0.39, 0.29) is 17.7 Å². The quantitative estimate of drug-likeness (QED) is 0.470. The van der Waals surface area contributed by atoms with Gasteiger partial charge in [0, 0.05) is 18.8 Å². The fourth-order valence-corrected chi connectivity index (χ4v) is 2.53. The molecule has 1 rings (SSSR count). The molecular weight excluding hydrogens is 230 g/mol. The third-order valence-corrected chi connectivity index (χ3v) is 3.56. The van der Waals surface area contributed by atoms with Crippen LogP contribution in [0.3, 0.4) is 0 Å². The molecule has 0 saturated heterocycles. The lowest BCUT2D eigenvalue weighted by Crippen LogP contribution is -2.19. The molecule has 1 amide bonds. The van der Waals surface area contributed by atoms with E-state index in [2.05, 4.69) is 6.58 Å². The minimum atomic E-state index is -0.481. The van der Waals surface area contributed by atoms with Crippen LogP contribution in [-0.4, -0.2) is 28.3 Å². The maximum atomic E-state index is 10.5. The van der Waals surface area contributed by atoms with Gasteiger partial charge in [-0.05, 0) is 25.2 Å². The zero-order chi connectivity index (χ0) is 13.5. The molecular formula is C14H23NO3. The first kappa shape index (κ1) is 14.9. The molecule has 4 unspecified atom stereocenters. The number of aliphatic hydroxyl groups is 2. The van der Waals surface area contributed by atoms with Crippen molar-refractivity contribution >= 4 is 5.91 Å². The highest BCUT2D eigenvalue weighted by Crippen LogP contribution is 2.35. The molecule has 102 valence electrons. The van der Waals surface area contributed by atoms with E-state index in [1.807, 2.05) is 12.2 Å². The summed E-state index contributed by atoms with van der Waals surface area (Å²) in [5.74, 6) is -0.260. The largest absolute Gasteiger partial charge is 0.393 e. The van der Waals surface area contributed by atoms with Crippen LogP contribution in [0.15, 0.2) is 24.8 Å². The molecule has 18 heavy (non-hydrogen) atoms. The summed E-state index contributed by atoms with van der Waals surface area (Å²) in [6, 6.07) is 0. The first-order valence-corrected chi connectivity index (χ1v) is 6.48. The van der Waals surface area contributed by atoms with Crippen LogP contribution in [0.5, 0.6) is 0 Å². The monoisotopic (exact) mass is 253 g/mol. The number of primary amides is 1. The van der Waals surface area contributed by atoms with Crippen molar-refractivity contribution in [2.24, 2.45) is 17.6 Å². The van der Waals surface area contributed by atoms with Gasteiger partial charge in [-0.3, -0.25) is 4.79 Å². The molecule has 4 heteroatoms. The second kappa shape index (κ2) is 7.34. The number of hydrogen-bond acceptors (Lipinski definition) is 3. The van der Waals surface area contributed by atoms with Gasteiger partial charge in [-0.25, -0.2) is 0 Å². The number of allylic oxidation sites excluding steroid dienone is 2. The fraction of sp³-hybridized carbons (Fsp3) is 0.643. The van der Waals surface area contributed by atoms with Gasteiger partial charge < -0.3 is 15.9 Å². The van der Waals surface area contributed by atoms with Gasteiger partial charge in [0.2, 0.25) is 5.91 Å². The number of carbonyl (C=O) groups is 1. The predicted molar refractivity (Wildman–Crippen MR) is 70.6 cm³/mol. The second-order valence-corrected chi connectivity index (χ2v) is 4.91. The van der Waals surface area contributed by atoms with Crippen molar-refractivity contribution in [1.82, 2.24) is 0 Å². The number of amides is 1. The second-order valence-electron chi connectivity index (χ2n) is 4.91. The van der Waals surface area contributed by atoms with Gasteiger partial charge in [0.25, 0.3) is 0 Å². The highest BCUT2D eigenvalue weighted by Gasteiger charge is 2.38. The molecule has 4 N–H and O–H groups in total. The molecule has 1 aliphatic rings. The lowest BCUT2D eigenvalue weighted by Gasteiger charge is -2.18. The maximum Gasteiger partial charge on any atom is 0.217 e. The number of hydrogen-bond donors (Lipinski definition) is 3. The third-order valence-electron chi connectivity index (χ3n) is 3.56. The molecule has 0 bridgehead atoms. The Bertz CT molecular complexity index is 314. The minimum Gasteiger partial charge on any atom is -0.393 e. The molecule has 0 spiro atoms. The molecule has 0 radical (unpaired) electrons. The molecule has 0 aliphatic heterocycles. The van der Waals surface area contributed by atoms with Crippen molar-refractivity contribution in [3.8, 4) is 0 Å². The van der Waals surface area contributed by atoms with Gasteiger partial charge in [0.05, 0.1) is 12.2 Å². The first-order chi connectivity index (χ1) is 8.56. The van der Waals surface area contributed by atoms with Crippen molar-refractivity contribution in [1.29, 1.82) is 0 Å². The SMILES string of the molecule is C=CC1C(O)CC(O)C1CC=CCCCC(N)=O. The molecule has 0 aromatic carbocycles. The van der Waals surface area contributed by atoms with Gasteiger partial charge in [-0.15, -0.1) is 6.58 Å². The molecule has 1 fully saturated rings. The summed E-state index contributed by atoms with van der Waals surface area (Å²) in [7, 11) is 0. The first-order valence-electron chi connectivity index (χ1n) is 6.48. The highest BCUT2D eigenvalue weighted by molar-refractivity contribution is 5.73. The predicted octanol–water partition coefficient (Wildman–Crippen LogP) is 1.13. The summed E-state index contributed by atoms with van der Waals surface area (Å²) in [6.07, 6.45) is 7.92. The Morgan fingerprint density at radius 2 is 2.06 bits per heavy atom. The Morgan fingerprint density at radius 3 is 2.67 bits per heavy atom. The van der Waals surface area contributed by atoms with E-state index in [0.717, 1.165) is 19.3 Å². The zero-order valence-electron chi connectivity index (χ0n) is 10.7. The third kappa shape index (κ3) is 4.27. The van der Waals surface area contributed by atoms with Gasteiger partial charge in [-0.1, -0.05) is 18.2 Å². The Hall–Kier alpha value is -1.13. The van der Waals surface area contributed by atoms with E-state index in [1.54, 1.807) is 6.08 Å². The smallest absolute Gasteiger partial charge is 0.217 e. The van der Waals surface area contributed by atoms with Crippen LogP contribution in [0.4, 0.5) is 0 Å². The van der Waals surface area contributed by atoms with Gasteiger partial charge in [-0.2, -0.15) is 0 Å². The Kier molecular flexibility index (Phi) is 6.09. The van der Waals surface area contributed by atoms with Crippen molar-refractivity contribution in [2.45, 2.75) is 44.3 Å². The summed E-state index contributed by atoms with van der Waals surface area (Å²) in [6.45, 7) is 3.71. The van der Waals surface area contributed by atoms with Crippen molar-refractivity contribution in [2.75, 3.05) is 0 Å². The van der Waals surface area contributed by atoms with E-state index < -0.39 is 12.2 Å². The number of aliphatic hydroxyl groups excluding tert-OH is 2. The van der Waals surface area contributed by atoms with Crippen LogP contribution in [-0.2, 0) is 4.79 Å². The van der Waals surface area contributed by atoms with Crippen LogP contribution in [0.1, 0.15) is 32.1 Å². The average molecular weight is 253 g/mol. The standard InChI is InChI=1S/C14H23NO3/c1-2-10-11(13(17)9-12(10)16)7-5-3-4-6-8-14(15)18/h2-3,5,10-13,16-17H,1,4,6-9H2,(H2,15,18). The maximum absolute atomic E-state index is 10.5. The average Bonchev–Trinajstić information content (AvgIpc) is 2.57. The molecule has 4 atom stereocenters. The van der Waals surface area contributed by atoms with Crippen LogP contribution in [0.25, 0.3) is 0 Å². The van der Waals surface area contributed by atoms with E-state index in [9.17, 15) is 15.0 Å². The molecule has 4 nitrogen and oxygen atoms in total. The van der Waals surface area contributed by atoms with Gasteiger partial charge >= 0.3 is 0 Å². The highest BCUT2D eigenvalue weighted by atomic mass is 16.3. The van der Waals surface area contributed by atoms with Gasteiger partial charge in [0.15, 0.2) is 0 Å². The molecule has 0 aromatic heterocycles. The normalized spacial score (nSPS) is 31.9. The van der Waals surface area contributed by atoms with E-state index in [0.29, 0.717) is 12.8 Å². The summed E-state index contributed by atoms with van der Waals surface area (Å²) in [4.78, 5) is 10.5. The Balaban J connectivity index is 2.31. The lowest BCUT2D eigenvalue weighted by atomic mass is 9.90. The molecule has 1 saturated carbocycles. The molecule has 1 aliphatic carbocycles. The molecule has 0 heterocycles. The Labute approximate surface area is 108 Å². The Morgan fingerprint density at radius 1 is 1.33 bits per heavy atom. The van der Waals surface area contributed by atoms with E-state index >= 15 is 0 Å². The summed E-state index contributed by atoms with van der Waals surface area (Å²) in [5.41, 5.74) is 5.04. The number of carbonyl (C=O) groups excluding carboxylic acids is 1.